The number of fused-ring (bicyclic) bond motifs is 4. The number of hydrogen-bond acceptors (Lipinski definition) is 1. The van der Waals surface area contributed by atoms with E-state index in [0.29, 0.717) is 0 Å². The van der Waals surface area contributed by atoms with E-state index in [0.717, 1.165) is 41.0 Å². The molecule has 10 rings (SSSR count). The highest BCUT2D eigenvalue weighted by molar-refractivity contribution is 6.08. The Hall–Kier alpha value is -6.51. The number of aromatic nitrogens is 2. The molecule has 0 fully saturated rings. The van der Waals surface area contributed by atoms with E-state index < -0.39 is 0 Å². The molecular weight excluding hydrogens is 617 g/mol. The predicted octanol–water partition coefficient (Wildman–Crippen LogP) is 11.4. The molecule has 0 saturated carbocycles. The van der Waals surface area contributed by atoms with Gasteiger partial charge in [-0.25, -0.2) is 4.98 Å². The summed E-state index contributed by atoms with van der Waals surface area (Å²) in [7, 11) is 0. The van der Waals surface area contributed by atoms with Gasteiger partial charge in [0.2, 0.25) is 0 Å². The van der Waals surface area contributed by atoms with Crippen LogP contribution in [0.15, 0.2) is 170 Å². The van der Waals surface area contributed by atoms with Crippen LogP contribution >= 0.6 is 0 Å². The smallest absolute Gasteiger partial charge is 0.145 e. The third-order valence-electron chi connectivity index (χ3n) is 10.4. The zero-order valence-electron chi connectivity index (χ0n) is 28.1. The average molecular weight is 651 g/mol. The van der Waals surface area contributed by atoms with Crippen LogP contribution in [0.5, 0.6) is 0 Å². The lowest BCUT2D eigenvalue weighted by Gasteiger charge is -2.19. The fraction of sp³-hybridized carbons (Fsp3) is 0.0408. The van der Waals surface area contributed by atoms with Crippen LogP contribution in [0.3, 0.4) is 0 Å². The van der Waals surface area contributed by atoms with Crippen molar-refractivity contribution >= 4 is 44.7 Å². The molecule has 8 aromatic carbocycles. The van der Waals surface area contributed by atoms with Gasteiger partial charge in [-0.15, -0.1) is 0 Å². The molecule has 51 heavy (non-hydrogen) atoms. The number of para-hydroxylation sites is 2. The van der Waals surface area contributed by atoms with Gasteiger partial charge in [-0.2, -0.15) is 0 Å². The van der Waals surface area contributed by atoms with Gasteiger partial charge in [0.25, 0.3) is 0 Å². The molecule has 1 heterocycles. The Bertz CT molecular complexity index is 2880. The number of nitrogens with zero attached hydrogens (tertiary/aromatic N) is 2. The first-order valence-corrected chi connectivity index (χ1v) is 17.8. The van der Waals surface area contributed by atoms with Gasteiger partial charge in [0, 0.05) is 11.3 Å². The van der Waals surface area contributed by atoms with Crippen LogP contribution in [-0.2, 0) is 0 Å². The second-order valence-corrected chi connectivity index (χ2v) is 13.4. The summed E-state index contributed by atoms with van der Waals surface area (Å²) in [5, 5.41) is 7.79. The highest BCUT2D eigenvalue weighted by Crippen LogP contribution is 2.37. The third kappa shape index (κ3) is 4.99. The Balaban J connectivity index is 1.17. The second kappa shape index (κ2) is 12.1. The van der Waals surface area contributed by atoms with Crippen molar-refractivity contribution in [1.29, 1.82) is 0 Å². The summed E-state index contributed by atoms with van der Waals surface area (Å²) >= 11 is 0. The molecule has 0 atom stereocenters. The molecule has 1 aromatic heterocycles. The molecule has 1 aliphatic rings. The topological polar surface area (TPSA) is 17.8 Å². The standard InChI is InChI=1S/C49H34N2/c1-3-14-35(15-4-1)47-41-19-9-10-20-42(41)48(39-24-23-33-13-7-8-18-37(33)31-39)43-30-27-38(32-44(43)47)34-25-28-40(29-26-34)51-46-22-12-11-21-45(46)50-49(51)36-16-5-2-6-17-36/h1-8,11-32H,9-10H2. The molecule has 240 valence electrons. The van der Waals surface area contributed by atoms with E-state index in [1.54, 1.807) is 0 Å². The lowest BCUT2D eigenvalue weighted by molar-refractivity contribution is 1.10. The monoisotopic (exact) mass is 650 g/mol. The van der Waals surface area contributed by atoms with Gasteiger partial charge in [-0.05, 0) is 115 Å². The van der Waals surface area contributed by atoms with Crippen molar-refractivity contribution < 1.29 is 0 Å². The van der Waals surface area contributed by atoms with Crippen molar-refractivity contribution in [3.05, 3.63) is 180 Å². The van der Waals surface area contributed by atoms with E-state index in [4.69, 9.17) is 4.98 Å². The normalized spacial score (nSPS) is 12.5. The number of imidazole rings is 1. The van der Waals surface area contributed by atoms with Crippen LogP contribution in [0.25, 0.3) is 95.2 Å². The van der Waals surface area contributed by atoms with Gasteiger partial charge in [-0.1, -0.05) is 146 Å². The first-order chi connectivity index (χ1) is 25.3. The minimum absolute atomic E-state index is 0.946. The minimum atomic E-state index is 0.946. The van der Waals surface area contributed by atoms with E-state index in [1.807, 2.05) is 0 Å². The Labute approximate surface area is 296 Å². The first-order valence-electron chi connectivity index (χ1n) is 17.8. The molecule has 0 bridgehead atoms. The summed E-state index contributed by atoms with van der Waals surface area (Å²) in [5.41, 5.74) is 11.8. The highest BCUT2D eigenvalue weighted by atomic mass is 15.1. The molecule has 0 unspecified atom stereocenters. The van der Waals surface area contributed by atoms with Crippen LogP contribution in [0, 0.1) is 0 Å². The Morgan fingerprint density at radius 3 is 1.78 bits per heavy atom. The third-order valence-corrected chi connectivity index (χ3v) is 10.4. The van der Waals surface area contributed by atoms with Crippen LogP contribution in [0.2, 0.25) is 0 Å². The van der Waals surface area contributed by atoms with E-state index in [2.05, 4.69) is 187 Å². The summed E-state index contributed by atoms with van der Waals surface area (Å²) in [6.07, 6.45) is 7.02. The molecule has 0 radical (unpaired) electrons. The average Bonchev–Trinajstić information content (AvgIpc) is 3.60. The van der Waals surface area contributed by atoms with Crippen molar-refractivity contribution in [3.8, 4) is 50.5 Å². The van der Waals surface area contributed by atoms with Crippen molar-refractivity contribution in [2.45, 2.75) is 12.8 Å². The van der Waals surface area contributed by atoms with Gasteiger partial charge in [0.05, 0.1) is 11.0 Å². The maximum atomic E-state index is 5.06. The number of rotatable bonds is 5. The summed E-state index contributed by atoms with van der Waals surface area (Å²) in [6, 6.07) is 61.4. The van der Waals surface area contributed by atoms with Crippen LogP contribution in [-0.4, -0.2) is 9.55 Å². The maximum absolute atomic E-state index is 5.06. The van der Waals surface area contributed by atoms with Gasteiger partial charge < -0.3 is 0 Å². The second-order valence-electron chi connectivity index (χ2n) is 13.4. The van der Waals surface area contributed by atoms with Crippen molar-refractivity contribution in [2.24, 2.45) is 0 Å². The summed E-state index contributed by atoms with van der Waals surface area (Å²) in [4.78, 5) is 5.06. The van der Waals surface area contributed by atoms with Gasteiger partial charge in [-0.3, -0.25) is 4.57 Å². The SMILES string of the molecule is C1=c2c(-c3ccc4ccccc4c3)c3ccc(-c4ccc(-n5c(-c6ccccc6)nc6ccccc65)cc4)cc3c(-c3ccccc3)c2=CCC1. The predicted molar refractivity (Wildman–Crippen MR) is 215 cm³/mol. The molecule has 0 N–H and O–H groups in total. The lowest BCUT2D eigenvalue weighted by Crippen LogP contribution is -2.31. The van der Waals surface area contributed by atoms with E-state index in [9.17, 15) is 0 Å². The zero-order chi connectivity index (χ0) is 33.7. The molecule has 1 aliphatic carbocycles. The summed E-state index contributed by atoms with van der Waals surface area (Å²) in [5.74, 6) is 0.946. The summed E-state index contributed by atoms with van der Waals surface area (Å²) < 4.78 is 2.27. The largest absolute Gasteiger partial charge is 0.292 e. The Morgan fingerprint density at radius 2 is 1.02 bits per heavy atom. The van der Waals surface area contributed by atoms with Crippen LogP contribution < -0.4 is 10.4 Å². The molecule has 0 spiro atoms. The lowest BCUT2D eigenvalue weighted by atomic mass is 9.85. The molecular formula is C49H34N2. The van der Waals surface area contributed by atoms with Crippen molar-refractivity contribution in [3.63, 3.8) is 0 Å². The molecule has 2 heteroatoms. The number of benzene rings is 8. The fourth-order valence-corrected chi connectivity index (χ4v) is 8.03. The molecule has 0 amide bonds. The van der Waals surface area contributed by atoms with Crippen LogP contribution in [0.4, 0.5) is 0 Å². The number of hydrogen-bond donors (Lipinski definition) is 0. The van der Waals surface area contributed by atoms with Gasteiger partial charge in [0.1, 0.15) is 5.82 Å². The molecule has 2 nitrogen and oxygen atoms in total. The molecule has 0 saturated heterocycles. The zero-order valence-corrected chi connectivity index (χ0v) is 28.1. The summed E-state index contributed by atoms with van der Waals surface area (Å²) in [6.45, 7) is 0. The Morgan fingerprint density at radius 1 is 0.412 bits per heavy atom. The van der Waals surface area contributed by atoms with E-state index in [1.165, 1.54) is 65.4 Å². The van der Waals surface area contributed by atoms with Crippen molar-refractivity contribution in [1.82, 2.24) is 9.55 Å². The van der Waals surface area contributed by atoms with Gasteiger partial charge >= 0.3 is 0 Å². The fourth-order valence-electron chi connectivity index (χ4n) is 8.03. The Kier molecular flexibility index (Phi) is 6.99. The van der Waals surface area contributed by atoms with E-state index in [-0.39, 0.29) is 0 Å². The highest BCUT2D eigenvalue weighted by Gasteiger charge is 2.18. The maximum Gasteiger partial charge on any atom is 0.145 e. The molecule has 0 aliphatic heterocycles. The first kappa shape index (κ1) is 29.4. The van der Waals surface area contributed by atoms with Gasteiger partial charge in [0.15, 0.2) is 0 Å². The minimum Gasteiger partial charge on any atom is -0.292 e. The van der Waals surface area contributed by atoms with E-state index >= 15 is 0 Å². The quantitative estimate of drug-likeness (QED) is 0.181. The molecule has 9 aromatic rings. The van der Waals surface area contributed by atoms with Crippen molar-refractivity contribution in [2.75, 3.05) is 0 Å². The van der Waals surface area contributed by atoms with Crippen LogP contribution in [0.1, 0.15) is 12.8 Å².